The van der Waals surface area contributed by atoms with E-state index in [0.29, 0.717) is 37.3 Å². The Balaban J connectivity index is 1.61. The van der Waals surface area contributed by atoms with Gasteiger partial charge in [-0.15, -0.1) is 10.2 Å². The maximum atomic E-state index is 12.0. The second kappa shape index (κ2) is 6.44. The van der Waals surface area contributed by atoms with E-state index in [9.17, 15) is 9.59 Å². The summed E-state index contributed by atoms with van der Waals surface area (Å²) in [5.41, 5.74) is 1.20. The zero-order valence-corrected chi connectivity index (χ0v) is 11.9. The number of ether oxygens (including phenoxy) is 1. The molecule has 1 aliphatic heterocycles. The number of benzene rings is 1. The summed E-state index contributed by atoms with van der Waals surface area (Å²) in [5, 5.41) is 10.2. The fourth-order valence-corrected chi connectivity index (χ4v) is 2.14. The van der Waals surface area contributed by atoms with Gasteiger partial charge in [-0.25, -0.2) is 4.98 Å². The Labute approximate surface area is 126 Å². The van der Waals surface area contributed by atoms with Crippen LogP contribution >= 0.6 is 0 Å². The lowest BCUT2D eigenvalue weighted by Gasteiger charge is -2.26. The molecule has 8 heteroatoms. The van der Waals surface area contributed by atoms with E-state index in [-0.39, 0.29) is 18.3 Å². The van der Waals surface area contributed by atoms with Gasteiger partial charge >= 0.3 is 0 Å². The number of para-hydroxylation sites is 1. The molecule has 114 valence electrons. The molecule has 3 rings (SSSR count). The van der Waals surface area contributed by atoms with Crippen molar-refractivity contribution in [3.05, 3.63) is 30.1 Å². The predicted octanol–water partition coefficient (Wildman–Crippen LogP) is -0.387. The molecule has 1 N–H and O–H groups in total. The van der Waals surface area contributed by atoms with Crippen LogP contribution in [0.5, 0.6) is 0 Å². The molecule has 1 aromatic carbocycles. The predicted molar refractivity (Wildman–Crippen MR) is 77.1 cm³/mol. The Kier molecular flexibility index (Phi) is 4.19. The van der Waals surface area contributed by atoms with Gasteiger partial charge in [0.05, 0.1) is 25.3 Å². The first-order valence-electron chi connectivity index (χ1n) is 6.97. The number of hydrogen-bond donors (Lipinski definition) is 1. The van der Waals surface area contributed by atoms with Crippen LogP contribution < -0.4 is 5.32 Å². The van der Waals surface area contributed by atoms with Gasteiger partial charge in [0.25, 0.3) is 5.91 Å². The maximum absolute atomic E-state index is 12.0. The third kappa shape index (κ3) is 3.17. The van der Waals surface area contributed by atoms with E-state index < -0.39 is 5.91 Å². The van der Waals surface area contributed by atoms with Crippen LogP contribution in [0, 0.1) is 0 Å². The van der Waals surface area contributed by atoms with Gasteiger partial charge in [0.2, 0.25) is 11.7 Å². The van der Waals surface area contributed by atoms with Gasteiger partial charge < -0.3 is 15.0 Å². The third-order valence-electron chi connectivity index (χ3n) is 3.33. The Hall–Kier alpha value is -2.61. The van der Waals surface area contributed by atoms with Gasteiger partial charge in [-0.05, 0) is 12.1 Å². The van der Waals surface area contributed by atoms with Crippen LogP contribution in [0.4, 0.5) is 0 Å². The van der Waals surface area contributed by atoms with Crippen molar-refractivity contribution in [2.24, 2.45) is 0 Å². The van der Waals surface area contributed by atoms with E-state index in [0.717, 1.165) is 0 Å². The van der Waals surface area contributed by atoms with Crippen molar-refractivity contribution < 1.29 is 14.3 Å². The normalized spacial score (nSPS) is 14.8. The van der Waals surface area contributed by atoms with Crippen LogP contribution in [0.25, 0.3) is 11.0 Å². The molecule has 0 aliphatic carbocycles. The second-order valence-corrected chi connectivity index (χ2v) is 4.80. The Morgan fingerprint density at radius 1 is 1.14 bits per heavy atom. The lowest BCUT2D eigenvalue weighted by Crippen LogP contribution is -2.45. The fraction of sp³-hybridized carbons (Fsp3) is 0.357. The maximum Gasteiger partial charge on any atom is 0.291 e. The minimum absolute atomic E-state index is 0.0477. The zero-order chi connectivity index (χ0) is 15.4. The van der Waals surface area contributed by atoms with E-state index in [1.165, 1.54) is 0 Å². The Morgan fingerprint density at radius 3 is 2.64 bits per heavy atom. The summed E-state index contributed by atoms with van der Waals surface area (Å²) in [7, 11) is 0. The van der Waals surface area contributed by atoms with Gasteiger partial charge in [-0.3, -0.25) is 9.59 Å². The molecular formula is C14H15N5O3. The summed E-state index contributed by atoms with van der Waals surface area (Å²) in [6.45, 7) is 2.05. The first-order valence-corrected chi connectivity index (χ1v) is 6.97. The molecule has 0 unspecified atom stereocenters. The standard InChI is InChI=1S/C14H15N5O3/c20-12(19-5-7-22-8-6-19)9-15-14(21)13-16-10-3-1-2-4-11(10)17-18-13/h1-4H,5-9H2,(H,15,21). The average molecular weight is 301 g/mol. The first-order chi connectivity index (χ1) is 10.7. The minimum atomic E-state index is -0.514. The van der Waals surface area contributed by atoms with Crippen molar-refractivity contribution in [3.63, 3.8) is 0 Å². The molecular weight excluding hydrogens is 286 g/mol. The molecule has 22 heavy (non-hydrogen) atoms. The van der Waals surface area contributed by atoms with E-state index in [1.54, 1.807) is 23.1 Å². The lowest BCUT2D eigenvalue weighted by atomic mass is 10.3. The summed E-state index contributed by atoms with van der Waals surface area (Å²) in [6, 6.07) is 7.14. The molecule has 8 nitrogen and oxygen atoms in total. The number of morpholine rings is 1. The molecule has 1 aliphatic rings. The Bertz CT molecular complexity index is 700. The number of aromatic nitrogens is 3. The molecule has 2 amide bonds. The molecule has 2 heterocycles. The highest BCUT2D eigenvalue weighted by Crippen LogP contribution is 2.06. The van der Waals surface area contributed by atoms with Gasteiger partial charge in [0.15, 0.2) is 0 Å². The largest absolute Gasteiger partial charge is 0.378 e. The van der Waals surface area contributed by atoms with E-state index in [2.05, 4.69) is 20.5 Å². The summed E-state index contributed by atoms with van der Waals surface area (Å²) in [6.07, 6.45) is 0. The summed E-state index contributed by atoms with van der Waals surface area (Å²) >= 11 is 0. The number of nitrogens with one attached hydrogen (secondary N) is 1. The summed E-state index contributed by atoms with van der Waals surface area (Å²) in [4.78, 5) is 29.7. The van der Waals surface area contributed by atoms with Crippen LogP contribution in [-0.4, -0.2) is 64.7 Å². The fourth-order valence-electron chi connectivity index (χ4n) is 2.14. The smallest absolute Gasteiger partial charge is 0.291 e. The highest BCUT2D eigenvalue weighted by atomic mass is 16.5. The van der Waals surface area contributed by atoms with Crippen molar-refractivity contribution in [3.8, 4) is 0 Å². The van der Waals surface area contributed by atoms with Gasteiger partial charge in [0, 0.05) is 13.1 Å². The van der Waals surface area contributed by atoms with E-state index in [4.69, 9.17) is 4.74 Å². The highest BCUT2D eigenvalue weighted by Gasteiger charge is 2.18. The number of hydrogen-bond acceptors (Lipinski definition) is 6. The molecule has 1 aromatic heterocycles. The van der Waals surface area contributed by atoms with Crippen molar-refractivity contribution in [2.45, 2.75) is 0 Å². The lowest BCUT2D eigenvalue weighted by molar-refractivity contribution is -0.134. The molecule has 2 aromatic rings. The van der Waals surface area contributed by atoms with Gasteiger partial charge in [0.1, 0.15) is 5.52 Å². The van der Waals surface area contributed by atoms with Crippen LogP contribution in [0.2, 0.25) is 0 Å². The monoisotopic (exact) mass is 301 g/mol. The molecule has 1 saturated heterocycles. The van der Waals surface area contributed by atoms with Crippen LogP contribution in [0.15, 0.2) is 24.3 Å². The molecule has 0 spiro atoms. The van der Waals surface area contributed by atoms with Crippen molar-refractivity contribution in [1.82, 2.24) is 25.4 Å². The second-order valence-electron chi connectivity index (χ2n) is 4.80. The van der Waals surface area contributed by atoms with Crippen molar-refractivity contribution in [2.75, 3.05) is 32.8 Å². The SMILES string of the molecule is O=C(NCC(=O)N1CCOCC1)c1nnc2ccccc2n1. The number of carbonyl (C=O) groups excluding carboxylic acids is 2. The summed E-state index contributed by atoms with van der Waals surface area (Å²) < 4.78 is 5.18. The molecule has 0 radical (unpaired) electrons. The highest BCUT2D eigenvalue weighted by molar-refractivity contribution is 5.94. The first kappa shape index (κ1) is 14.3. The zero-order valence-electron chi connectivity index (χ0n) is 11.9. The van der Waals surface area contributed by atoms with Gasteiger partial charge in [-0.1, -0.05) is 12.1 Å². The number of rotatable bonds is 3. The Morgan fingerprint density at radius 2 is 1.86 bits per heavy atom. The van der Waals surface area contributed by atoms with Crippen LogP contribution in [-0.2, 0) is 9.53 Å². The molecule has 0 atom stereocenters. The summed E-state index contributed by atoms with van der Waals surface area (Å²) in [5.74, 6) is -0.710. The van der Waals surface area contributed by atoms with Crippen LogP contribution in [0.1, 0.15) is 10.6 Å². The molecule has 0 bridgehead atoms. The quantitative estimate of drug-likeness (QED) is 0.829. The average Bonchev–Trinajstić information content (AvgIpc) is 2.59. The van der Waals surface area contributed by atoms with Crippen LogP contribution in [0.3, 0.4) is 0 Å². The number of nitrogens with zero attached hydrogens (tertiary/aromatic N) is 4. The number of carbonyl (C=O) groups is 2. The number of amides is 2. The topological polar surface area (TPSA) is 97.3 Å². The molecule has 1 fully saturated rings. The van der Waals surface area contributed by atoms with Crippen molar-refractivity contribution >= 4 is 22.8 Å². The third-order valence-corrected chi connectivity index (χ3v) is 3.33. The van der Waals surface area contributed by atoms with E-state index >= 15 is 0 Å². The van der Waals surface area contributed by atoms with Gasteiger partial charge in [-0.2, -0.15) is 0 Å². The van der Waals surface area contributed by atoms with E-state index in [1.807, 2.05) is 6.07 Å². The molecule has 0 saturated carbocycles. The number of fused-ring (bicyclic) bond motifs is 1. The minimum Gasteiger partial charge on any atom is -0.378 e. The van der Waals surface area contributed by atoms with Crippen molar-refractivity contribution in [1.29, 1.82) is 0 Å².